The Morgan fingerprint density at radius 3 is 2.46 bits per heavy atom. The number of para-hydroxylation sites is 2. The normalized spacial score (nSPS) is 10.7. The molecular formula is C20H19NO5. The molecule has 0 saturated heterocycles. The molecule has 134 valence electrons. The van der Waals surface area contributed by atoms with E-state index in [9.17, 15) is 9.59 Å². The number of carbonyl (C=O) groups excluding carboxylic acids is 2. The van der Waals surface area contributed by atoms with Crippen molar-refractivity contribution in [2.45, 2.75) is 6.61 Å². The van der Waals surface area contributed by atoms with Gasteiger partial charge in [0.2, 0.25) is 5.76 Å². The molecule has 0 aliphatic rings. The van der Waals surface area contributed by atoms with E-state index in [-0.39, 0.29) is 24.9 Å². The summed E-state index contributed by atoms with van der Waals surface area (Å²) in [6.07, 6.45) is 0. The lowest BCUT2D eigenvalue weighted by Gasteiger charge is -2.16. The summed E-state index contributed by atoms with van der Waals surface area (Å²) < 4.78 is 15.9. The topological polar surface area (TPSA) is 69.0 Å². The first-order chi connectivity index (χ1) is 12.6. The van der Waals surface area contributed by atoms with E-state index in [1.165, 1.54) is 12.0 Å². The average Bonchev–Trinajstić information content (AvgIpc) is 3.05. The molecule has 0 radical (unpaired) electrons. The minimum atomic E-state index is -0.692. The highest BCUT2D eigenvalue weighted by Crippen LogP contribution is 2.27. The lowest BCUT2D eigenvalue weighted by molar-refractivity contribution is -0.121. The van der Waals surface area contributed by atoms with E-state index in [2.05, 4.69) is 0 Å². The molecule has 2 aromatic carbocycles. The Balaban J connectivity index is 1.73. The number of rotatable bonds is 6. The molecular weight excluding hydrogens is 334 g/mol. The Hall–Kier alpha value is -3.12. The van der Waals surface area contributed by atoms with Crippen LogP contribution in [0.3, 0.4) is 0 Å². The Labute approximate surface area is 150 Å². The second-order valence-corrected chi connectivity index (χ2v) is 5.70. The lowest BCUT2D eigenvalue weighted by atomic mass is 10.1. The molecule has 1 heterocycles. The number of esters is 1. The number of ether oxygens (including phenoxy) is 2. The Morgan fingerprint density at radius 2 is 1.73 bits per heavy atom. The maximum Gasteiger partial charge on any atom is 0.375 e. The molecule has 0 spiro atoms. The second-order valence-electron chi connectivity index (χ2n) is 5.70. The first-order valence-electron chi connectivity index (χ1n) is 8.10. The van der Waals surface area contributed by atoms with Gasteiger partial charge in [-0.1, -0.05) is 36.4 Å². The van der Waals surface area contributed by atoms with E-state index < -0.39 is 5.97 Å². The van der Waals surface area contributed by atoms with Crippen molar-refractivity contribution >= 4 is 28.5 Å². The molecule has 0 aliphatic carbocycles. The molecule has 1 amide bonds. The third-order valence-corrected chi connectivity index (χ3v) is 4.02. The van der Waals surface area contributed by atoms with Gasteiger partial charge in [0.25, 0.3) is 5.91 Å². The number of methoxy groups -OCH3 is 1. The van der Waals surface area contributed by atoms with Crippen LogP contribution in [0.4, 0.5) is 5.69 Å². The quantitative estimate of drug-likeness (QED) is 0.635. The fourth-order valence-electron chi connectivity index (χ4n) is 2.64. The SMILES string of the molecule is COCc1c(C(=O)OCC(=O)N(C)c2ccccc2)oc2ccccc12. The fourth-order valence-corrected chi connectivity index (χ4v) is 2.64. The van der Waals surface area contributed by atoms with Crippen LogP contribution in [0.2, 0.25) is 0 Å². The fraction of sp³-hybridized carbons (Fsp3) is 0.200. The maximum absolute atomic E-state index is 12.4. The van der Waals surface area contributed by atoms with Crippen molar-refractivity contribution in [1.29, 1.82) is 0 Å². The van der Waals surface area contributed by atoms with Crippen LogP contribution < -0.4 is 4.90 Å². The van der Waals surface area contributed by atoms with Crippen LogP contribution in [0.25, 0.3) is 11.0 Å². The molecule has 26 heavy (non-hydrogen) atoms. The van der Waals surface area contributed by atoms with Crippen LogP contribution in [-0.2, 0) is 20.9 Å². The van der Waals surface area contributed by atoms with Crippen LogP contribution in [0.1, 0.15) is 16.1 Å². The summed E-state index contributed by atoms with van der Waals surface area (Å²) in [5, 5.41) is 0.786. The number of likely N-dealkylation sites (N-methyl/N-ethyl adjacent to an activating group) is 1. The summed E-state index contributed by atoms with van der Waals surface area (Å²) in [4.78, 5) is 26.1. The molecule has 6 nitrogen and oxygen atoms in total. The van der Waals surface area contributed by atoms with Crippen molar-refractivity contribution in [2.75, 3.05) is 25.7 Å². The summed E-state index contributed by atoms with van der Waals surface area (Å²) in [5.41, 5.74) is 1.90. The summed E-state index contributed by atoms with van der Waals surface area (Å²) in [5.74, 6) is -0.972. The van der Waals surface area contributed by atoms with E-state index in [0.29, 0.717) is 11.1 Å². The highest BCUT2D eigenvalue weighted by Gasteiger charge is 2.23. The first kappa shape index (κ1) is 17.7. The van der Waals surface area contributed by atoms with Gasteiger partial charge in [-0.25, -0.2) is 4.79 Å². The van der Waals surface area contributed by atoms with Gasteiger partial charge in [-0.15, -0.1) is 0 Å². The minimum Gasteiger partial charge on any atom is -0.450 e. The predicted molar refractivity (Wildman–Crippen MR) is 97.1 cm³/mol. The van der Waals surface area contributed by atoms with E-state index in [0.717, 1.165) is 11.1 Å². The molecule has 0 atom stereocenters. The Kier molecular flexibility index (Phi) is 5.34. The number of benzene rings is 2. The van der Waals surface area contributed by atoms with E-state index in [4.69, 9.17) is 13.9 Å². The van der Waals surface area contributed by atoms with Crippen molar-refractivity contribution in [3.05, 3.63) is 65.9 Å². The van der Waals surface area contributed by atoms with Crippen LogP contribution in [0.5, 0.6) is 0 Å². The summed E-state index contributed by atoms with van der Waals surface area (Å²) in [7, 11) is 3.16. The molecule has 0 N–H and O–H groups in total. The number of anilines is 1. The monoisotopic (exact) mass is 353 g/mol. The highest BCUT2D eigenvalue weighted by molar-refractivity contribution is 5.99. The van der Waals surface area contributed by atoms with E-state index in [1.54, 1.807) is 25.2 Å². The number of hydrogen-bond donors (Lipinski definition) is 0. The van der Waals surface area contributed by atoms with Gasteiger partial charge >= 0.3 is 5.97 Å². The van der Waals surface area contributed by atoms with Crippen molar-refractivity contribution in [2.24, 2.45) is 0 Å². The maximum atomic E-state index is 12.4. The summed E-state index contributed by atoms with van der Waals surface area (Å²) >= 11 is 0. The molecule has 6 heteroatoms. The van der Waals surface area contributed by atoms with Gasteiger partial charge in [0.15, 0.2) is 6.61 Å². The minimum absolute atomic E-state index is 0.0585. The Morgan fingerprint density at radius 1 is 1.04 bits per heavy atom. The van der Waals surface area contributed by atoms with E-state index >= 15 is 0 Å². The zero-order valence-electron chi connectivity index (χ0n) is 14.6. The smallest absolute Gasteiger partial charge is 0.375 e. The lowest BCUT2D eigenvalue weighted by Crippen LogP contribution is -2.31. The standard InChI is InChI=1S/C20H19NO5/c1-21(14-8-4-3-5-9-14)18(22)13-25-20(23)19-16(12-24-2)15-10-6-7-11-17(15)26-19/h3-11H,12-13H2,1-2H3. The zero-order chi connectivity index (χ0) is 18.5. The molecule has 0 saturated carbocycles. The van der Waals surface area contributed by atoms with Crippen molar-refractivity contribution < 1.29 is 23.5 Å². The van der Waals surface area contributed by atoms with Gasteiger partial charge in [-0.3, -0.25) is 4.79 Å². The van der Waals surface area contributed by atoms with Crippen LogP contribution in [0.15, 0.2) is 59.0 Å². The molecule has 3 rings (SSSR count). The van der Waals surface area contributed by atoms with Gasteiger partial charge in [-0.2, -0.15) is 0 Å². The van der Waals surface area contributed by atoms with Gasteiger partial charge in [-0.05, 0) is 18.2 Å². The zero-order valence-corrected chi connectivity index (χ0v) is 14.6. The number of amides is 1. The first-order valence-corrected chi connectivity index (χ1v) is 8.10. The van der Waals surface area contributed by atoms with Gasteiger partial charge in [0.1, 0.15) is 5.58 Å². The third kappa shape index (κ3) is 3.60. The van der Waals surface area contributed by atoms with Crippen LogP contribution in [0, 0.1) is 0 Å². The summed E-state index contributed by atoms with van der Waals surface area (Å²) in [6, 6.07) is 16.4. The molecule has 0 aliphatic heterocycles. The van der Waals surface area contributed by atoms with Crippen molar-refractivity contribution in [3.63, 3.8) is 0 Å². The van der Waals surface area contributed by atoms with Gasteiger partial charge in [0.05, 0.1) is 6.61 Å². The van der Waals surface area contributed by atoms with E-state index in [1.807, 2.05) is 36.4 Å². The molecule has 0 fully saturated rings. The van der Waals surface area contributed by atoms with Gasteiger partial charge < -0.3 is 18.8 Å². The number of fused-ring (bicyclic) bond motifs is 1. The molecule has 1 aromatic heterocycles. The Bertz CT molecular complexity index is 916. The van der Waals surface area contributed by atoms with Crippen molar-refractivity contribution in [3.8, 4) is 0 Å². The number of nitrogens with zero attached hydrogens (tertiary/aromatic N) is 1. The third-order valence-electron chi connectivity index (χ3n) is 4.02. The molecule has 3 aromatic rings. The number of hydrogen-bond acceptors (Lipinski definition) is 5. The van der Waals surface area contributed by atoms with Crippen LogP contribution in [-0.4, -0.2) is 32.6 Å². The van der Waals surface area contributed by atoms with Crippen LogP contribution >= 0.6 is 0 Å². The number of carbonyl (C=O) groups is 2. The average molecular weight is 353 g/mol. The molecule has 0 unspecified atom stereocenters. The predicted octanol–water partition coefficient (Wildman–Crippen LogP) is 3.40. The number of furan rings is 1. The second kappa shape index (κ2) is 7.84. The van der Waals surface area contributed by atoms with Crippen molar-refractivity contribution in [1.82, 2.24) is 0 Å². The largest absolute Gasteiger partial charge is 0.450 e. The highest BCUT2D eigenvalue weighted by atomic mass is 16.5. The summed E-state index contributed by atoms with van der Waals surface area (Å²) in [6.45, 7) is -0.174. The van der Waals surface area contributed by atoms with Gasteiger partial charge in [0, 0.05) is 30.8 Å². The molecule has 0 bridgehead atoms.